The molecule has 0 radical (unpaired) electrons. The molecule has 1 saturated heterocycles. The molecule has 0 saturated carbocycles. The molecule has 6 heteroatoms. The van der Waals surface area contributed by atoms with Crippen molar-refractivity contribution in [2.75, 3.05) is 38.1 Å². The number of hydrogen-bond acceptors (Lipinski definition) is 4. The summed E-state index contributed by atoms with van der Waals surface area (Å²) < 4.78 is 7.04. The van der Waals surface area contributed by atoms with Gasteiger partial charge in [-0.2, -0.15) is 0 Å². The van der Waals surface area contributed by atoms with Gasteiger partial charge < -0.3 is 10.1 Å². The molecule has 0 aromatic heterocycles. The number of nitrogens with one attached hydrogen (secondary N) is 2. The molecule has 2 aliphatic rings. The molecule has 0 spiro atoms. The first kappa shape index (κ1) is 24.3. The number of anilines is 1. The summed E-state index contributed by atoms with van der Waals surface area (Å²) in [5, 5.41) is 6.52. The first-order valence-corrected chi connectivity index (χ1v) is 13.4. The molecule has 3 aromatic rings. The molecule has 0 bridgehead atoms. The molecule has 1 fully saturated rings. The van der Waals surface area contributed by atoms with Crippen LogP contribution < -0.4 is 10.6 Å². The Morgan fingerprint density at radius 3 is 2.20 bits per heavy atom. The van der Waals surface area contributed by atoms with Crippen LogP contribution in [0.2, 0.25) is 0 Å². The van der Waals surface area contributed by atoms with Crippen molar-refractivity contribution in [2.24, 2.45) is 0 Å². The summed E-state index contributed by atoms with van der Waals surface area (Å²) in [6.45, 7) is 11.7. The van der Waals surface area contributed by atoms with Crippen molar-refractivity contribution in [1.82, 2.24) is 10.2 Å². The van der Waals surface area contributed by atoms with E-state index in [2.05, 4.69) is 107 Å². The summed E-state index contributed by atoms with van der Waals surface area (Å²) in [6.07, 6.45) is -0.397. The topological polar surface area (TPSA) is 53.6 Å². The van der Waals surface area contributed by atoms with Gasteiger partial charge in [0.25, 0.3) is 0 Å². The second-order valence-electron chi connectivity index (χ2n) is 9.52. The predicted octanol–water partition coefficient (Wildman–Crippen LogP) is 5.98. The van der Waals surface area contributed by atoms with Gasteiger partial charge in [-0.05, 0) is 87.9 Å². The molecular formula is C29H32IN3O2. The number of carbonyl (C=O) groups excluding carboxylic acids is 1. The first-order chi connectivity index (χ1) is 17.0. The monoisotopic (exact) mass is 581 g/mol. The Labute approximate surface area is 221 Å². The van der Waals surface area contributed by atoms with Gasteiger partial charge in [0, 0.05) is 42.2 Å². The molecule has 2 N–H and O–H groups in total. The number of benzene rings is 3. The number of carbonyl (C=O) groups is 1. The molecule has 1 aliphatic heterocycles. The molecule has 0 atom stereocenters. The Kier molecular flexibility index (Phi) is 7.14. The molecule has 35 heavy (non-hydrogen) atoms. The maximum atomic E-state index is 13.0. The highest BCUT2D eigenvalue weighted by Gasteiger charge is 2.29. The molecule has 1 heterocycles. The quantitative estimate of drug-likeness (QED) is 0.364. The van der Waals surface area contributed by atoms with Crippen molar-refractivity contribution in [2.45, 2.75) is 33.2 Å². The number of halogens is 1. The van der Waals surface area contributed by atoms with Gasteiger partial charge in [0.1, 0.15) is 6.61 Å². The van der Waals surface area contributed by atoms with Gasteiger partial charge in [-0.1, -0.05) is 48.5 Å². The summed E-state index contributed by atoms with van der Waals surface area (Å²) in [7, 11) is 0. The fraction of sp³-hybridized carbons (Fsp3) is 0.345. The van der Waals surface area contributed by atoms with Crippen molar-refractivity contribution < 1.29 is 9.53 Å². The highest BCUT2D eigenvalue weighted by atomic mass is 127. The minimum Gasteiger partial charge on any atom is -0.448 e. The van der Waals surface area contributed by atoms with E-state index in [0.29, 0.717) is 6.61 Å². The van der Waals surface area contributed by atoms with Gasteiger partial charge in [-0.15, -0.1) is 0 Å². The first-order valence-electron chi connectivity index (χ1n) is 12.3. The van der Waals surface area contributed by atoms with Crippen LogP contribution in [-0.4, -0.2) is 43.8 Å². The maximum absolute atomic E-state index is 13.0. The standard InChI is InChI=1S/C29H32IN3O2/c1-18-25(16-33-14-12-31-13-15-33)19(2)28(20(3)27(18)30)32-29(34)35-17-26-23-10-6-4-8-21(23)22-9-5-7-11-24(22)26/h4-11,26,31H,12-17H2,1-3H3,(H,32,34). The van der Waals surface area contributed by atoms with Gasteiger partial charge in [0.2, 0.25) is 0 Å². The summed E-state index contributed by atoms with van der Waals surface area (Å²) in [5.74, 6) is 0.0526. The third-order valence-corrected chi connectivity index (χ3v) is 9.09. The number of amides is 1. The molecule has 1 aliphatic carbocycles. The third kappa shape index (κ3) is 4.71. The molecule has 5 rings (SSSR count). The van der Waals surface area contributed by atoms with Crippen LogP contribution in [0.4, 0.5) is 10.5 Å². The Morgan fingerprint density at radius 2 is 1.57 bits per heavy atom. The highest BCUT2D eigenvalue weighted by Crippen LogP contribution is 2.44. The van der Waals surface area contributed by atoms with Crippen molar-refractivity contribution in [3.63, 3.8) is 0 Å². The van der Waals surface area contributed by atoms with E-state index in [1.165, 1.54) is 37.0 Å². The molecule has 182 valence electrons. The number of nitrogens with zero attached hydrogens (tertiary/aromatic N) is 1. The zero-order chi connectivity index (χ0) is 24.5. The van der Waals surface area contributed by atoms with Crippen LogP contribution in [0.1, 0.15) is 39.3 Å². The van der Waals surface area contributed by atoms with Gasteiger partial charge in [-0.25, -0.2) is 4.79 Å². The lowest BCUT2D eigenvalue weighted by molar-refractivity contribution is 0.158. The fourth-order valence-electron chi connectivity index (χ4n) is 5.49. The maximum Gasteiger partial charge on any atom is 0.411 e. The Hall–Kier alpha value is -2.42. The lowest BCUT2D eigenvalue weighted by atomic mass is 9.96. The van der Waals surface area contributed by atoms with Crippen LogP contribution in [0.5, 0.6) is 0 Å². The van der Waals surface area contributed by atoms with Crippen LogP contribution in [0.3, 0.4) is 0 Å². The highest BCUT2D eigenvalue weighted by molar-refractivity contribution is 14.1. The van der Waals surface area contributed by atoms with Gasteiger partial charge >= 0.3 is 6.09 Å². The smallest absolute Gasteiger partial charge is 0.411 e. The third-order valence-electron chi connectivity index (χ3n) is 7.48. The van der Waals surface area contributed by atoms with Crippen molar-refractivity contribution in [3.8, 4) is 11.1 Å². The molecular weight excluding hydrogens is 549 g/mol. The minimum absolute atomic E-state index is 0.0526. The van der Waals surface area contributed by atoms with E-state index in [0.717, 1.165) is 49.5 Å². The number of piperazine rings is 1. The number of hydrogen-bond donors (Lipinski definition) is 2. The second-order valence-corrected chi connectivity index (χ2v) is 10.6. The van der Waals surface area contributed by atoms with E-state index in [4.69, 9.17) is 4.74 Å². The van der Waals surface area contributed by atoms with E-state index < -0.39 is 6.09 Å². The van der Waals surface area contributed by atoms with E-state index in [-0.39, 0.29) is 5.92 Å². The van der Waals surface area contributed by atoms with Gasteiger partial charge in [-0.3, -0.25) is 10.2 Å². The SMILES string of the molecule is Cc1c(I)c(C)c(NC(=O)OCC2c3ccccc3-c3ccccc32)c(C)c1CN1CCNCC1. The fourth-order valence-corrected chi connectivity index (χ4v) is 6.09. The number of ether oxygens (including phenoxy) is 1. The molecule has 3 aromatic carbocycles. The molecule has 1 amide bonds. The average molecular weight is 581 g/mol. The van der Waals surface area contributed by atoms with Crippen LogP contribution in [0, 0.1) is 24.3 Å². The zero-order valence-electron chi connectivity index (χ0n) is 20.6. The Balaban J connectivity index is 1.34. The predicted molar refractivity (Wildman–Crippen MR) is 150 cm³/mol. The average Bonchev–Trinajstić information content (AvgIpc) is 3.21. The summed E-state index contributed by atoms with van der Waals surface area (Å²) >= 11 is 2.41. The van der Waals surface area contributed by atoms with Crippen LogP contribution >= 0.6 is 22.6 Å². The normalized spacial score (nSPS) is 15.5. The van der Waals surface area contributed by atoms with Crippen LogP contribution in [-0.2, 0) is 11.3 Å². The molecule has 0 unspecified atom stereocenters. The lowest BCUT2D eigenvalue weighted by Gasteiger charge is -2.29. The minimum atomic E-state index is -0.397. The summed E-state index contributed by atoms with van der Waals surface area (Å²) in [4.78, 5) is 15.5. The van der Waals surface area contributed by atoms with Gasteiger partial charge in [0.15, 0.2) is 0 Å². The number of fused-ring (bicyclic) bond motifs is 3. The summed E-state index contributed by atoms with van der Waals surface area (Å²) in [6, 6.07) is 16.8. The Morgan fingerprint density at radius 1 is 0.971 bits per heavy atom. The van der Waals surface area contributed by atoms with Crippen LogP contribution in [0.25, 0.3) is 11.1 Å². The van der Waals surface area contributed by atoms with E-state index in [1.807, 2.05) is 0 Å². The number of rotatable bonds is 5. The molecule has 5 nitrogen and oxygen atoms in total. The lowest BCUT2D eigenvalue weighted by Crippen LogP contribution is -2.43. The van der Waals surface area contributed by atoms with E-state index >= 15 is 0 Å². The second kappa shape index (κ2) is 10.3. The van der Waals surface area contributed by atoms with E-state index in [1.54, 1.807) is 0 Å². The van der Waals surface area contributed by atoms with Crippen molar-refractivity contribution in [1.29, 1.82) is 0 Å². The zero-order valence-corrected chi connectivity index (χ0v) is 22.7. The van der Waals surface area contributed by atoms with Crippen molar-refractivity contribution in [3.05, 3.63) is 85.5 Å². The summed E-state index contributed by atoms with van der Waals surface area (Å²) in [5.41, 5.74) is 10.6. The largest absolute Gasteiger partial charge is 0.448 e. The van der Waals surface area contributed by atoms with E-state index in [9.17, 15) is 4.79 Å². The van der Waals surface area contributed by atoms with Crippen LogP contribution in [0.15, 0.2) is 48.5 Å². The Bertz CT molecular complexity index is 1220. The van der Waals surface area contributed by atoms with Crippen molar-refractivity contribution >= 4 is 34.4 Å². The van der Waals surface area contributed by atoms with Gasteiger partial charge in [0.05, 0.1) is 5.69 Å².